The molecule has 0 atom stereocenters. The summed E-state index contributed by atoms with van der Waals surface area (Å²) in [5.41, 5.74) is 5.02. The van der Waals surface area contributed by atoms with Gasteiger partial charge in [0.2, 0.25) is 0 Å². The summed E-state index contributed by atoms with van der Waals surface area (Å²) in [6.07, 6.45) is 0. The van der Waals surface area contributed by atoms with Crippen LogP contribution in [0.5, 0.6) is 0 Å². The Hall–Kier alpha value is -2.20. The number of pyridine rings is 1. The number of ketones is 1. The first-order chi connectivity index (χ1) is 11.4. The van der Waals surface area contributed by atoms with Crippen LogP contribution in [0.4, 0.5) is 4.39 Å². The second-order valence-electron chi connectivity index (χ2n) is 5.97. The summed E-state index contributed by atoms with van der Waals surface area (Å²) in [6, 6.07) is 11.9. The number of hydrogen-bond donors (Lipinski definition) is 0. The minimum atomic E-state index is -0.336. The van der Waals surface area contributed by atoms with Gasteiger partial charge in [-0.05, 0) is 68.3 Å². The normalized spacial score (nSPS) is 11.0. The van der Waals surface area contributed by atoms with Crippen LogP contribution in [0.25, 0.3) is 10.9 Å². The Kier molecular flexibility index (Phi) is 4.67. The number of Topliss-reactive ketones (excluding diaryl/α,β-unsaturated/α-hetero) is 1. The van der Waals surface area contributed by atoms with E-state index in [0.717, 1.165) is 27.1 Å². The molecule has 0 aliphatic rings. The van der Waals surface area contributed by atoms with Crippen LogP contribution in [-0.4, -0.2) is 16.5 Å². The van der Waals surface area contributed by atoms with E-state index in [1.165, 1.54) is 41.6 Å². The van der Waals surface area contributed by atoms with E-state index in [4.69, 9.17) is 4.98 Å². The first-order valence-corrected chi connectivity index (χ1v) is 8.73. The molecule has 0 spiro atoms. The number of hydrogen-bond acceptors (Lipinski definition) is 3. The Bertz CT molecular complexity index is 919. The van der Waals surface area contributed by atoms with E-state index >= 15 is 0 Å². The zero-order valence-corrected chi connectivity index (χ0v) is 14.7. The predicted octanol–water partition coefficient (Wildman–Crippen LogP) is 5.27. The second-order valence-corrected chi connectivity index (χ2v) is 6.97. The fourth-order valence-corrected chi connectivity index (χ4v) is 3.61. The number of benzene rings is 2. The lowest BCUT2D eigenvalue weighted by molar-refractivity contribution is 0.102. The third kappa shape index (κ3) is 3.49. The highest BCUT2D eigenvalue weighted by Crippen LogP contribution is 2.27. The number of halogens is 1. The molecule has 3 rings (SSSR count). The van der Waals surface area contributed by atoms with Crippen LogP contribution in [0.3, 0.4) is 0 Å². The second kappa shape index (κ2) is 6.73. The molecule has 0 amide bonds. The van der Waals surface area contributed by atoms with Crippen molar-refractivity contribution < 1.29 is 9.18 Å². The molecule has 0 unspecified atom stereocenters. The van der Waals surface area contributed by atoms with E-state index in [9.17, 15) is 9.18 Å². The largest absolute Gasteiger partial charge is 0.293 e. The molecule has 1 heterocycles. The molecule has 24 heavy (non-hydrogen) atoms. The number of fused-ring (bicyclic) bond motifs is 1. The molecule has 0 aliphatic carbocycles. The third-order valence-electron chi connectivity index (χ3n) is 3.95. The minimum absolute atomic E-state index is 0.0276. The highest BCUT2D eigenvalue weighted by Gasteiger charge is 2.10. The first kappa shape index (κ1) is 16.7. The molecular formula is C20H18FNOS. The molecule has 1 aromatic heterocycles. The van der Waals surface area contributed by atoms with Crippen molar-refractivity contribution in [2.75, 3.05) is 5.75 Å². The molecule has 0 bridgehead atoms. The molecule has 0 aliphatic heterocycles. The maximum Gasteiger partial charge on any atom is 0.173 e. The summed E-state index contributed by atoms with van der Waals surface area (Å²) >= 11 is 1.42. The van der Waals surface area contributed by atoms with Crippen LogP contribution >= 0.6 is 11.8 Å². The molecule has 4 heteroatoms. The van der Waals surface area contributed by atoms with Gasteiger partial charge in [0.05, 0.1) is 16.3 Å². The van der Waals surface area contributed by atoms with Gasteiger partial charge in [0.1, 0.15) is 5.82 Å². The molecule has 0 radical (unpaired) electrons. The smallest absolute Gasteiger partial charge is 0.173 e. The molecule has 2 aromatic carbocycles. The average molecular weight is 339 g/mol. The summed E-state index contributed by atoms with van der Waals surface area (Å²) in [4.78, 5) is 16.9. The summed E-state index contributed by atoms with van der Waals surface area (Å²) in [7, 11) is 0. The van der Waals surface area contributed by atoms with Gasteiger partial charge in [-0.1, -0.05) is 23.4 Å². The number of nitrogens with zero attached hydrogens (tertiary/aromatic N) is 1. The lowest BCUT2D eigenvalue weighted by atomic mass is 10.0. The van der Waals surface area contributed by atoms with Gasteiger partial charge in [0.15, 0.2) is 5.78 Å². The third-order valence-corrected chi connectivity index (χ3v) is 4.86. The standard InChI is InChI=1S/C20H18FNOS/c1-12-8-14(3)20-17(9-12)13(2)10-19(22-20)24-11-18(23)15-4-6-16(21)7-5-15/h4-10H,11H2,1-3H3. The maximum atomic E-state index is 12.9. The summed E-state index contributed by atoms with van der Waals surface area (Å²) in [5.74, 6) is -0.0777. The number of carbonyl (C=O) groups is 1. The zero-order chi connectivity index (χ0) is 17.3. The van der Waals surface area contributed by atoms with Gasteiger partial charge in [-0.15, -0.1) is 0 Å². The van der Waals surface area contributed by atoms with Crippen LogP contribution in [0.1, 0.15) is 27.0 Å². The summed E-state index contributed by atoms with van der Waals surface area (Å²) < 4.78 is 12.9. The number of rotatable bonds is 4. The molecule has 3 aromatic rings. The van der Waals surface area contributed by atoms with Crippen LogP contribution < -0.4 is 0 Å². The van der Waals surface area contributed by atoms with Crippen LogP contribution in [-0.2, 0) is 0 Å². The van der Waals surface area contributed by atoms with Crippen LogP contribution in [0, 0.1) is 26.6 Å². The summed E-state index contributed by atoms with van der Waals surface area (Å²) in [5, 5.41) is 1.99. The number of aromatic nitrogens is 1. The maximum absolute atomic E-state index is 12.9. The Labute approximate surface area is 145 Å². The Morgan fingerprint density at radius 3 is 2.46 bits per heavy atom. The van der Waals surface area contributed by atoms with Crippen LogP contribution in [0.15, 0.2) is 47.5 Å². The fourth-order valence-electron chi connectivity index (χ4n) is 2.75. The highest BCUT2D eigenvalue weighted by atomic mass is 32.2. The van der Waals surface area contributed by atoms with E-state index < -0.39 is 0 Å². The lowest BCUT2D eigenvalue weighted by Crippen LogP contribution is -2.03. The van der Waals surface area contributed by atoms with Gasteiger partial charge in [0, 0.05) is 10.9 Å². The van der Waals surface area contributed by atoms with Crippen molar-refractivity contribution in [2.45, 2.75) is 25.8 Å². The van der Waals surface area contributed by atoms with Gasteiger partial charge < -0.3 is 0 Å². The Morgan fingerprint density at radius 2 is 1.75 bits per heavy atom. The first-order valence-electron chi connectivity index (χ1n) is 7.74. The fraction of sp³-hybridized carbons (Fsp3) is 0.200. The van der Waals surface area contributed by atoms with Crippen molar-refractivity contribution in [3.05, 3.63) is 70.5 Å². The molecule has 0 saturated carbocycles. The van der Waals surface area contributed by atoms with Crippen molar-refractivity contribution in [2.24, 2.45) is 0 Å². The SMILES string of the molecule is Cc1cc(C)c2nc(SCC(=O)c3ccc(F)cc3)cc(C)c2c1. The predicted molar refractivity (Wildman–Crippen MR) is 97.4 cm³/mol. The Balaban J connectivity index is 1.83. The molecule has 0 fully saturated rings. The van der Waals surface area contributed by atoms with Gasteiger partial charge in [-0.2, -0.15) is 0 Å². The van der Waals surface area contributed by atoms with E-state index in [2.05, 4.69) is 32.9 Å². The van der Waals surface area contributed by atoms with Crippen molar-refractivity contribution in [1.29, 1.82) is 0 Å². The van der Waals surface area contributed by atoms with Crippen molar-refractivity contribution >= 4 is 28.4 Å². The molecule has 0 saturated heterocycles. The van der Waals surface area contributed by atoms with Crippen molar-refractivity contribution in [1.82, 2.24) is 4.98 Å². The van der Waals surface area contributed by atoms with Gasteiger partial charge >= 0.3 is 0 Å². The topological polar surface area (TPSA) is 30.0 Å². The number of aryl methyl sites for hydroxylation is 3. The highest BCUT2D eigenvalue weighted by molar-refractivity contribution is 7.99. The van der Waals surface area contributed by atoms with E-state index in [0.29, 0.717) is 5.56 Å². The average Bonchev–Trinajstić information content (AvgIpc) is 2.54. The molecule has 0 N–H and O–H groups in total. The number of thioether (sulfide) groups is 1. The van der Waals surface area contributed by atoms with Crippen LogP contribution in [0.2, 0.25) is 0 Å². The minimum Gasteiger partial charge on any atom is -0.293 e. The van der Waals surface area contributed by atoms with Gasteiger partial charge in [-0.25, -0.2) is 9.37 Å². The molecule has 2 nitrogen and oxygen atoms in total. The van der Waals surface area contributed by atoms with E-state index in [-0.39, 0.29) is 17.4 Å². The van der Waals surface area contributed by atoms with E-state index in [1.54, 1.807) is 0 Å². The van der Waals surface area contributed by atoms with Crippen molar-refractivity contribution in [3.8, 4) is 0 Å². The lowest BCUT2D eigenvalue weighted by Gasteiger charge is -2.09. The monoisotopic (exact) mass is 339 g/mol. The van der Waals surface area contributed by atoms with Crippen molar-refractivity contribution in [3.63, 3.8) is 0 Å². The Morgan fingerprint density at radius 1 is 1.04 bits per heavy atom. The van der Waals surface area contributed by atoms with Gasteiger partial charge in [0.25, 0.3) is 0 Å². The zero-order valence-electron chi connectivity index (χ0n) is 13.9. The quantitative estimate of drug-likeness (QED) is 0.479. The summed E-state index contributed by atoms with van der Waals surface area (Å²) in [6.45, 7) is 6.20. The van der Waals surface area contributed by atoms with Gasteiger partial charge in [-0.3, -0.25) is 4.79 Å². The molecule has 122 valence electrons. The molecular weight excluding hydrogens is 321 g/mol. The van der Waals surface area contributed by atoms with E-state index in [1.807, 2.05) is 6.07 Å². The number of carbonyl (C=O) groups excluding carboxylic acids is 1.